The lowest BCUT2D eigenvalue weighted by Gasteiger charge is -2.37. The first-order chi connectivity index (χ1) is 10.9. The number of morpholine rings is 1. The first-order valence-corrected chi connectivity index (χ1v) is 9.35. The normalized spacial score (nSPS) is 26.5. The number of rotatable bonds is 6. The van der Waals surface area contributed by atoms with Crippen molar-refractivity contribution >= 4 is 30.7 Å². The zero-order valence-electron chi connectivity index (χ0n) is 16.0. The van der Waals surface area contributed by atoms with Crippen molar-refractivity contribution in [2.45, 2.75) is 71.1 Å². The van der Waals surface area contributed by atoms with Crippen LogP contribution in [0.25, 0.3) is 0 Å². The Morgan fingerprint density at radius 2 is 1.72 bits per heavy atom. The van der Waals surface area contributed by atoms with Gasteiger partial charge in [0.25, 0.3) is 0 Å². The van der Waals surface area contributed by atoms with Crippen LogP contribution in [-0.4, -0.2) is 66.7 Å². The Kier molecular flexibility index (Phi) is 12.3. The summed E-state index contributed by atoms with van der Waals surface area (Å²) in [5, 5.41) is 0. The van der Waals surface area contributed by atoms with Crippen molar-refractivity contribution < 1.29 is 9.53 Å². The number of hydrogen-bond acceptors (Lipinski definition) is 4. The third-order valence-electron chi connectivity index (χ3n) is 5.13. The molecule has 3 atom stereocenters. The minimum absolute atomic E-state index is 0. The van der Waals surface area contributed by atoms with Gasteiger partial charge in [-0.1, -0.05) is 0 Å². The zero-order chi connectivity index (χ0) is 16.8. The van der Waals surface area contributed by atoms with Gasteiger partial charge in [0.15, 0.2) is 0 Å². The number of amides is 1. The summed E-state index contributed by atoms with van der Waals surface area (Å²) in [4.78, 5) is 16.7. The van der Waals surface area contributed by atoms with E-state index in [0.717, 1.165) is 51.4 Å². The Hall–Kier alpha value is -0.0700. The third kappa shape index (κ3) is 8.91. The van der Waals surface area contributed by atoms with Gasteiger partial charge in [0.2, 0.25) is 5.91 Å². The fraction of sp³-hybridized carbons (Fsp3) is 0.944. The van der Waals surface area contributed by atoms with Crippen molar-refractivity contribution in [1.29, 1.82) is 0 Å². The first kappa shape index (κ1) is 24.9. The summed E-state index contributed by atoms with van der Waals surface area (Å²) in [7, 11) is 0. The highest BCUT2D eigenvalue weighted by Crippen LogP contribution is 2.22. The molecule has 150 valence electrons. The SMILES string of the molecule is CC(N)CCC(=O)N1CCC(CCN2CC(C)OC(C)C2)CC1.Cl.Cl. The minimum atomic E-state index is 0. The molecule has 5 nitrogen and oxygen atoms in total. The number of carbonyl (C=O) groups excluding carboxylic acids is 1. The maximum absolute atomic E-state index is 12.1. The Labute approximate surface area is 165 Å². The van der Waals surface area contributed by atoms with Crippen molar-refractivity contribution in [3.63, 3.8) is 0 Å². The smallest absolute Gasteiger partial charge is 0.222 e. The van der Waals surface area contributed by atoms with Gasteiger partial charge < -0.3 is 15.4 Å². The molecule has 0 saturated carbocycles. The van der Waals surface area contributed by atoms with Gasteiger partial charge in [-0.05, 0) is 58.9 Å². The van der Waals surface area contributed by atoms with E-state index in [1.807, 2.05) is 11.8 Å². The molecule has 0 spiro atoms. The molecule has 2 N–H and O–H groups in total. The van der Waals surface area contributed by atoms with Crippen molar-refractivity contribution in [2.75, 3.05) is 32.7 Å². The van der Waals surface area contributed by atoms with Crippen LogP contribution in [0.3, 0.4) is 0 Å². The van der Waals surface area contributed by atoms with Crippen LogP contribution in [0.1, 0.15) is 52.9 Å². The second-order valence-corrected chi connectivity index (χ2v) is 7.65. The second kappa shape index (κ2) is 12.3. The zero-order valence-corrected chi connectivity index (χ0v) is 17.6. The Balaban J connectivity index is 0.00000288. The van der Waals surface area contributed by atoms with Crippen LogP contribution in [0.2, 0.25) is 0 Å². The maximum atomic E-state index is 12.1. The maximum Gasteiger partial charge on any atom is 0.222 e. The summed E-state index contributed by atoms with van der Waals surface area (Å²) in [6.45, 7) is 11.4. The van der Waals surface area contributed by atoms with E-state index < -0.39 is 0 Å². The summed E-state index contributed by atoms with van der Waals surface area (Å²) >= 11 is 0. The third-order valence-corrected chi connectivity index (χ3v) is 5.13. The number of ether oxygens (including phenoxy) is 1. The molecular weight excluding hydrogens is 361 g/mol. The Morgan fingerprint density at radius 1 is 1.16 bits per heavy atom. The number of likely N-dealkylation sites (tertiary alicyclic amines) is 1. The van der Waals surface area contributed by atoms with Crippen LogP contribution in [0.15, 0.2) is 0 Å². The van der Waals surface area contributed by atoms with Crippen molar-refractivity contribution in [2.24, 2.45) is 11.7 Å². The highest BCUT2D eigenvalue weighted by atomic mass is 35.5. The monoisotopic (exact) mass is 397 g/mol. The molecule has 0 aromatic heterocycles. The Bertz CT molecular complexity index is 367. The van der Waals surface area contributed by atoms with E-state index in [2.05, 4.69) is 18.7 Å². The van der Waals surface area contributed by atoms with Gasteiger partial charge in [-0.25, -0.2) is 0 Å². The van der Waals surface area contributed by atoms with E-state index in [1.54, 1.807) is 0 Å². The van der Waals surface area contributed by atoms with Gasteiger partial charge >= 0.3 is 0 Å². The molecule has 3 unspecified atom stereocenters. The molecule has 2 fully saturated rings. The van der Waals surface area contributed by atoms with E-state index >= 15 is 0 Å². The number of halogens is 2. The fourth-order valence-corrected chi connectivity index (χ4v) is 3.81. The molecule has 0 radical (unpaired) electrons. The lowest BCUT2D eigenvalue weighted by molar-refractivity contribution is -0.132. The van der Waals surface area contributed by atoms with Gasteiger partial charge in [-0.2, -0.15) is 0 Å². The van der Waals surface area contributed by atoms with Crippen LogP contribution >= 0.6 is 24.8 Å². The molecule has 0 aromatic rings. The van der Waals surface area contributed by atoms with Crippen LogP contribution in [-0.2, 0) is 9.53 Å². The van der Waals surface area contributed by atoms with Gasteiger partial charge in [-0.3, -0.25) is 9.69 Å². The van der Waals surface area contributed by atoms with Gasteiger partial charge in [0.1, 0.15) is 0 Å². The van der Waals surface area contributed by atoms with Crippen LogP contribution < -0.4 is 5.73 Å². The lowest BCUT2D eigenvalue weighted by Crippen LogP contribution is -2.46. The van der Waals surface area contributed by atoms with Crippen molar-refractivity contribution in [3.05, 3.63) is 0 Å². The van der Waals surface area contributed by atoms with Gasteiger partial charge in [-0.15, -0.1) is 24.8 Å². The molecule has 0 aliphatic carbocycles. The predicted octanol–water partition coefficient (Wildman–Crippen LogP) is 2.70. The molecule has 2 aliphatic heterocycles. The van der Waals surface area contributed by atoms with Gasteiger partial charge in [0, 0.05) is 38.6 Å². The number of hydrogen-bond donors (Lipinski definition) is 1. The molecule has 2 saturated heterocycles. The molecule has 0 bridgehead atoms. The highest BCUT2D eigenvalue weighted by Gasteiger charge is 2.25. The predicted molar refractivity (Wildman–Crippen MR) is 108 cm³/mol. The fourth-order valence-electron chi connectivity index (χ4n) is 3.81. The minimum Gasteiger partial charge on any atom is -0.373 e. The van der Waals surface area contributed by atoms with Crippen molar-refractivity contribution in [1.82, 2.24) is 9.80 Å². The molecular formula is C18H37Cl2N3O2. The molecule has 2 rings (SSSR count). The summed E-state index contributed by atoms with van der Waals surface area (Å²) < 4.78 is 5.79. The molecule has 2 heterocycles. The molecule has 7 heteroatoms. The average Bonchev–Trinajstić information content (AvgIpc) is 2.50. The van der Waals surface area contributed by atoms with E-state index in [0.29, 0.717) is 18.6 Å². The number of piperidine rings is 1. The molecule has 1 amide bonds. The summed E-state index contributed by atoms with van der Waals surface area (Å²) in [6, 6.07) is 0.120. The lowest BCUT2D eigenvalue weighted by atomic mass is 9.93. The Morgan fingerprint density at radius 3 is 2.24 bits per heavy atom. The first-order valence-electron chi connectivity index (χ1n) is 9.35. The van der Waals surface area contributed by atoms with Crippen LogP contribution in [0, 0.1) is 5.92 Å². The van der Waals surface area contributed by atoms with Crippen LogP contribution in [0.5, 0.6) is 0 Å². The van der Waals surface area contributed by atoms with E-state index in [9.17, 15) is 4.79 Å². The number of carbonyl (C=O) groups is 1. The van der Waals surface area contributed by atoms with E-state index in [1.165, 1.54) is 13.0 Å². The highest BCUT2D eigenvalue weighted by molar-refractivity contribution is 5.85. The van der Waals surface area contributed by atoms with Crippen LogP contribution in [0.4, 0.5) is 0 Å². The van der Waals surface area contributed by atoms with E-state index in [4.69, 9.17) is 10.5 Å². The summed E-state index contributed by atoms with van der Waals surface area (Å²) in [5.74, 6) is 1.05. The number of nitrogens with zero attached hydrogens (tertiary/aromatic N) is 2. The molecule has 2 aliphatic rings. The second-order valence-electron chi connectivity index (χ2n) is 7.65. The standard InChI is InChI=1S/C18H35N3O2.2ClH/c1-14(19)4-5-18(22)21-10-7-17(8-11-21)6-9-20-12-15(2)23-16(3)13-20;;/h14-17H,4-13,19H2,1-3H3;2*1H. The quantitative estimate of drug-likeness (QED) is 0.748. The largest absolute Gasteiger partial charge is 0.373 e. The molecule has 0 aromatic carbocycles. The van der Waals surface area contributed by atoms with E-state index in [-0.39, 0.29) is 36.8 Å². The summed E-state index contributed by atoms with van der Waals surface area (Å²) in [6.07, 6.45) is 5.66. The number of nitrogens with two attached hydrogens (primary N) is 1. The summed E-state index contributed by atoms with van der Waals surface area (Å²) in [5.41, 5.74) is 5.74. The van der Waals surface area contributed by atoms with Crippen molar-refractivity contribution in [3.8, 4) is 0 Å². The topological polar surface area (TPSA) is 58.8 Å². The average molecular weight is 398 g/mol. The molecule has 25 heavy (non-hydrogen) atoms. The van der Waals surface area contributed by atoms with Gasteiger partial charge in [0.05, 0.1) is 12.2 Å².